The minimum Gasteiger partial charge on any atom is -0.490 e. The summed E-state index contributed by atoms with van der Waals surface area (Å²) in [6.45, 7) is 3.81. The van der Waals surface area contributed by atoms with Crippen LogP contribution >= 0.6 is 11.8 Å². The van der Waals surface area contributed by atoms with Crippen LogP contribution in [0.25, 0.3) is 16.6 Å². The Morgan fingerprint density at radius 2 is 2.08 bits per heavy atom. The Bertz CT molecular complexity index is 1460. The Kier molecular flexibility index (Phi) is 6.75. The molecular formula is C27H29N7O2S. The van der Waals surface area contributed by atoms with Crippen molar-refractivity contribution in [1.82, 2.24) is 19.6 Å². The molecule has 1 saturated heterocycles. The molecule has 0 bridgehead atoms. The fourth-order valence-corrected chi connectivity index (χ4v) is 5.36. The van der Waals surface area contributed by atoms with Crippen molar-refractivity contribution in [2.24, 2.45) is 10.9 Å². The van der Waals surface area contributed by atoms with E-state index in [0.717, 1.165) is 63.3 Å². The normalized spacial score (nSPS) is 17.1. The first-order valence-electron chi connectivity index (χ1n) is 12.6. The van der Waals surface area contributed by atoms with E-state index < -0.39 is 0 Å². The first-order valence-corrected chi connectivity index (χ1v) is 13.4. The number of nitrogens with zero attached hydrogens (tertiary/aromatic N) is 6. The topological polar surface area (TPSA) is 101 Å². The highest BCUT2D eigenvalue weighted by molar-refractivity contribution is 7.99. The standard InChI is InChI=1S/C27H29N7O2S/c1-29-14-20(13-28)19-4-7-25-31-32-27(34(25)16-19)37-21-5-6-23-22(12-21)26(36-17-18-2-3-18)24(15-30-23)33-8-10-35-11-9-33/h4-7,12-16,18,20,28H,2-3,8-11,17H2,1H3. The number of morpholine rings is 1. The van der Waals surface area contributed by atoms with Crippen LogP contribution in [0.15, 0.2) is 57.8 Å². The lowest BCUT2D eigenvalue weighted by molar-refractivity contribution is 0.122. The zero-order valence-corrected chi connectivity index (χ0v) is 21.5. The third-order valence-corrected chi connectivity index (χ3v) is 7.71. The van der Waals surface area contributed by atoms with Crippen LogP contribution in [-0.4, -0.2) is 72.0 Å². The predicted octanol–water partition coefficient (Wildman–Crippen LogP) is 4.49. The SMILES string of the molecule is CN=CC(C=N)c1ccc2nnc(Sc3ccc4ncc(N5CCOCC5)c(OCC5CC5)c4c3)n2c1. The van der Waals surface area contributed by atoms with Crippen molar-refractivity contribution >= 4 is 46.4 Å². The first-order chi connectivity index (χ1) is 18.2. The quantitative estimate of drug-likeness (QED) is 0.328. The Labute approximate surface area is 219 Å². The predicted molar refractivity (Wildman–Crippen MR) is 146 cm³/mol. The molecule has 9 nitrogen and oxygen atoms in total. The third kappa shape index (κ3) is 5.03. The van der Waals surface area contributed by atoms with E-state index in [4.69, 9.17) is 19.9 Å². The number of ether oxygens (including phenoxy) is 2. The van der Waals surface area contributed by atoms with Gasteiger partial charge in [-0.05, 0) is 60.4 Å². The van der Waals surface area contributed by atoms with Crippen molar-refractivity contribution in [3.8, 4) is 5.75 Å². The molecule has 2 fully saturated rings. The summed E-state index contributed by atoms with van der Waals surface area (Å²) in [5.41, 5.74) is 3.66. The van der Waals surface area contributed by atoms with Crippen LogP contribution in [-0.2, 0) is 4.74 Å². The second kappa shape index (κ2) is 10.5. The zero-order chi connectivity index (χ0) is 25.2. The largest absolute Gasteiger partial charge is 0.490 e. The average molecular weight is 516 g/mol. The summed E-state index contributed by atoms with van der Waals surface area (Å²) >= 11 is 1.55. The van der Waals surface area contributed by atoms with Crippen molar-refractivity contribution in [1.29, 1.82) is 5.41 Å². The van der Waals surface area contributed by atoms with Gasteiger partial charge in [-0.2, -0.15) is 0 Å². The molecule has 1 unspecified atom stereocenters. The van der Waals surface area contributed by atoms with E-state index in [1.807, 2.05) is 35.0 Å². The molecule has 0 spiro atoms. The molecule has 37 heavy (non-hydrogen) atoms. The average Bonchev–Trinajstić information content (AvgIpc) is 3.70. The van der Waals surface area contributed by atoms with Crippen LogP contribution in [0, 0.1) is 11.3 Å². The van der Waals surface area contributed by atoms with Crippen molar-refractivity contribution in [2.75, 3.05) is 44.9 Å². The van der Waals surface area contributed by atoms with Crippen LogP contribution in [0.5, 0.6) is 5.75 Å². The van der Waals surface area contributed by atoms with Crippen molar-refractivity contribution in [2.45, 2.75) is 28.8 Å². The van der Waals surface area contributed by atoms with Gasteiger partial charge in [0, 0.05) is 49.0 Å². The number of hydrogen-bond acceptors (Lipinski definition) is 9. The van der Waals surface area contributed by atoms with Gasteiger partial charge in [0.2, 0.25) is 0 Å². The van der Waals surface area contributed by atoms with Crippen LogP contribution < -0.4 is 9.64 Å². The molecule has 2 aliphatic rings. The maximum Gasteiger partial charge on any atom is 0.200 e. The Morgan fingerprint density at radius 1 is 1.22 bits per heavy atom. The highest BCUT2D eigenvalue weighted by Crippen LogP contribution is 2.40. The number of fused-ring (bicyclic) bond motifs is 2. The number of nitrogens with one attached hydrogen (secondary N) is 1. The molecule has 4 aromatic rings. The van der Waals surface area contributed by atoms with Gasteiger partial charge in [-0.3, -0.25) is 14.4 Å². The van der Waals surface area contributed by atoms with E-state index in [1.165, 1.54) is 19.1 Å². The highest BCUT2D eigenvalue weighted by atomic mass is 32.2. The molecule has 6 rings (SSSR count). The van der Waals surface area contributed by atoms with Crippen LogP contribution in [0.1, 0.15) is 24.3 Å². The van der Waals surface area contributed by atoms with Gasteiger partial charge in [0.1, 0.15) is 0 Å². The molecule has 1 aliphatic heterocycles. The van der Waals surface area contributed by atoms with Crippen molar-refractivity contribution < 1.29 is 9.47 Å². The molecule has 3 aromatic heterocycles. The second-order valence-electron chi connectivity index (χ2n) is 9.38. The molecule has 1 N–H and O–H groups in total. The summed E-state index contributed by atoms with van der Waals surface area (Å²) in [7, 11) is 1.72. The van der Waals surface area contributed by atoms with Gasteiger partial charge in [0.05, 0.1) is 43.1 Å². The minimum absolute atomic E-state index is 0.189. The van der Waals surface area contributed by atoms with E-state index in [-0.39, 0.29) is 5.92 Å². The molecule has 10 heteroatoms. The van der Waals surface area contributed by atoms with Crippen LogP contribution in [0.2, 0.25) is 0 Å². The molecular weight excluding hydrogens is 486 g/mol. The zero-order valence-electron chi connectivity index (χ0n) is 20.7. The molecule has 1 aromatic carbocycles. The first kappa shape index (κ1) is 23.9. The van der Waals surface area contributed by atoms with Gasteiger partial charge in [-0.1, -0.05) is 6.07 Å². The fraction of sp³-hybridized carbons (Fsp3) is 0.370. The lowest BCUT2D eigenvalue weighted by Gasteiger charge is -2.30. The van der Waals surface area contributed by atoms with Crippen LogP contribution in [0.3, 0.4) is 0 Å². The molecule has 1 saturated carbocycles. The smallest absolute Gasteiger partial charge is 0.200 e. The van der Waals surface area contributed by atoms with Crippen LogP contribution in [0.4, 0.5) is 5.69 Å². The molecule has 1 aliphatic carbocycles. The Morgan fingerprint density at radius 3 is 2.86 bits per heavy atom. The third-order valence-electron chi connectivity index (χ3n) is 6.76. The van der Waals surface area contributed by atoms with Gasteiger partial charge in [0.15, 0.2) is 16.6 Å². The highest BCUT2D eigenvalue weighted by Gasteiger charge is 2.25. The monoisotopic (exact) mass is 515 g/mol. The number of benzene rings is 1. The molecule has 0 radical (unpaired) electrons. The Balaban J connectivity index is 1.36. The summed E-state index contributed by atoms with van der Waals surface area (Å²) in [6, 6.07) is 10.1. The number of rotatable bonds is 9. The lowest BCUT2D eigenvalue weighted by atomic mass is 10.0. The fourth-order valence-electron chi connectivity index (χ4n) is 4.51. The number of hydrogen-bond donors (Lipinski definition) is 1. The summed E-state index contributed by atoms with van der Waals surface area (Å²) in [5.74, 6) is 1.37. The maximum absolute atomic E-state index is 7.77. The number of aromatic nitrogens is 4. The van der Waals surface area contributed by atoms with E-state index in [1.54, 1.807) is 25.0 Å². The van der Waals surface area contributed by atoms with Gasteiger partial charge >= 0.3 is 0 Å². The van der Waals surface area contributed by atoms with Crippen molar-refractivity contribution in [3.05, 3.63) is 48.3 Å². The Hall–Kier alpha value is -3.50. The van der Waals surface area contributed by atoms with Gasteiger partial charge in [0.25, 0.3) is 0 Å². The van der Waals surface area contributed by atoms with E-state index in [2.05, 4.69) is 32.2 Å². The maximum atomic E-state index is 7.77. The summed E-state index contributed by atoms with van der Waals surface area (Å²) in [6.07, 6.45) is 9.55. The number of anilines is 1. The molecule has 190 valence electrons. The van der Waals surface area contributed by atoms with Gasteiger partial charge in [-0.15, -0.1) is 10.2 Å². The second-order valence-corrected chi connectivity index (χ2v) is 10.4. The molecule has 4 heterocycles. The van der Waals surface area contributed by atoms with Gasteiger partial charge in [-0.25, -0.2) is 0 Å². The number of aliphatic imine (C=N–C) groups is 1. The van der Waals surface area contributed by atoms with Crippen molar-refractivity contribution in [3.63, 3.8) is 0 Å². The van der Waals surface area contributed by atoms with E-state index in [0.29, 0.717) is 19.1 Å². The molecule has 1 atom stereocenters. The summed E-state index contributed by atoms with van der Waals surface area (Å²) in [5, 5.41) is 18.3. The summed E-state index contributed by atoms with van der Waals surface area (Å²) in [4.78, 5) is 12.2. The molecule has 0 amide bonds. The van der Waals surface area contributed by atoms with E-state index >= 15 is 0 Å². The lowest BCUT2D eigenvalue weighted by Crippen LogP contribution is -2.36. The van der Waals surface area contributed by atoms with Gasteiger partial charge < -0.3 is 19.8 Å². The summed E-state index contributed by atoms with van der Waals surface area (Å²) < 4.78 is 14.0. The van der Waals surface area contributed by atoms with E-state index in [9.17, 15) is 0 Å². The minimum atomic E-state index is -0.189. The number of pyridine rings is 2.